The third-order valence-corrected chi connectivity index (χ3v) is 3.39. The van der Waals surface area contributed by atoms with Crippen LogP contribution in [0, 0.1) is 0 Å². The smallest absolute Gasteiger partial charge is 0.138 e. The number of nitrogens with one attached hydrogen (secondary N) is 1. The largest absolute Gasteiger partial charge is 0.472 e. The SMILES string of the molecule is O=C(Cc1ccoc1)CC1CNc2ccccc21. The molecule has 0 saturated heterocycles. The van der Waals surface area contributed by atoms with Gasteiger partial charge in [-0.05, 0) is 23.3 Å². The van der Waals surface area contributed by atoms with E-state index < -0.39 is 0 Å². The fourth-order valence-corrected chi connectivity index (χ4v) is 2.51. The van der Waals surface area contributed by atoms with Crippen LogP contribution < -0.4 is 5.32 Å². The van der Waals surface area contributed by atoms with E-state index in [9.17, 15) is 4.79 Å². The van der Waals surface area contributed by atoms with Gasteiger partial charge in [0, 0.05) is 31.0 Å². The topological polar surface area (TPSA) is 42.2 Å². The summed E-state index contributed by atoms with van der Waals surface area (Å²) >= 11 is 0. The van der Waals surface area contributed by atoms with Crippen molar-refractivity contribution in [2.45, 2.75) is 18.8 Å². The van der Waals surface area contributed by atoms with Crippen molar-refractivity contribution in [2.75, 3.05) is 11.9 Å². The molecule has 1 aliphatic rings. The highest BCUT2D eigenvalue weighted by molar-refractivity contribution is 5.82. The van der Waals surface area contributed by atoms with Gasteiger partial charge in [0.25, 0.3) is 0 Å². The van der Waals surface area contributed by atoms with Crippen molar-refractivity contribution in [3.63, 3.8) is 0 Å². The predicted octanol–water partition coefficient (Wildman–Crippen LogP) is 2.99. The van der Waals surface area contributed by atoms with E-state index in [2.05, 4.69) is 17.4 Å². The van der Waals surface area contributed by atoms with Gasteiger partial charge in [0.2, 0.25) is 0 Å². The highest BCUT2D eigenvalue weighted by Crippen LogP contribution is 2.33. The van der Waals surface area contributed by atoms with Gasteiger partial charge in [-0.2, -0.15) is 0 Å². The van der Waals surface area contributed by atoms with E-state index in [-0.39, 0.29) is 5.78 Å². The summed E-state index contributed by atoms with van der Waals surface area (Å²) in [6.45, 7) is 0.858. The Hall–Kier alpha value is -2.03. The molecule has 92 valence electrons. The van der Waals surface area contributed by atoms with Crippen LogP contribution in [0.25, 0.3) is 0 Å². The van der Waals surface area contributed by atoms with Crippen LogP contribution in [0.4, 0.5) is 5.69 Å². The van der Waals surface area contributed by atoms with Crippen molar-refractivity contribution in [2.24, 2.45) is 0 Å². The van der Waals surface area contributed by atoms with Gasteiger partial charge < -0.3 is 9.73 Å². The summed E-state index contributed by atoms with van der Waals surface area (Å²) in [5.74, 6) is 0.570. The molecule has 0 spiro atoms. The van der Waals surface area contributed by atoms with E-state index in [1.807, 2.05) is 18.2 Å². The maximum Gasteiger partial charge on any atom is 0.138 e. The van der Waals surface area contributed by atoms with Gasteiger partial charge in [-0.25, -0.2) is 0 Å². The van der Waals surface area contributed by atoms with Gasteiger partial charge >= 0.3 is 0 Å². The Morgan fingerprint density at radius 3 is 3.06 bits per heavy atom. The van der Waals surface area contributed by atoms with Crippen molar-refractivity contribution in [3.8, 4) is 0 Å². The molecule has 0 bridgehead atoms. The molecule has 1 aromatic carbocycles. The quantitative estimate of drug-likeness (QED) is 0.894. The van der Waals surface area contributed by atoms with Crippen LogP contribution in [-0.2, 0) is 11.2 Å². The molecule has 0 amide bonds. The lowest BCUT2D eigenvalue weighted by Crippen LogP contribution is -2.10. The van der Waals surface area contributed by atoms with Gasteiger partial charge in [0.05, 0.1) is 12.5 Å². The van der Waals surface area contributed by atoms with E-state index in [1.54, 1.807) is 12.5 Å². The van der Waals surface area contributed by atoms with Crippen LogP contribution in [-0.4, -0.2) is 12.3 Å². The Morgan fingerprint density at radius 2 is 2.22 bits per heavy atom. The zero-order valence-electron chi connectivity index (χ0n) is 10.1. The molecule has 2 aromatic rings. The standard InChI is InChI=1S/C15H15NO2/c17-13(7-11-5-6-18-10-11)8-12-9-16-15-4-2-1-3-14(12)15/h1-6,10,12,16H,7-9H2. The molecular weight excluding hydrogens is 226 g/mol. The Morgan fingerprint density at radius 1 is 1.33 bits per heavy atom. The third-order valence-electron chi connectivity index (χ3n) is 3.39. The lowest BCUT2D eigenvalue weighted by molar-refractivity contribution is -0.118. The van der Waals surface area contributed by atoms with Crippen molar-refractivity contribution in [3.05, 3.63) is 54.0 Å². The van der Waals surface area contributed by atoms with Crippen molar-refractivity contribution >= 4 is 11.5 Å². The summed E-state index contributed by atoms with van der Waals surface area (Å²) in [7, 11) is 0. The molecule has 1 aliphatic heterocycles. The summed E-state index contributed by atoms with van der Waals surface area (Å²) in [5.41, 5.74) is 3.39. The molecule has 3 rings (SSSR count). The van der Waals surface area contributed by atoms with Gasteiger partial charge in [-0.3, -0.25) is 4.79 Å². The Kier molecular flexibility index (Phi) is 2.89. The molecule has 1 N–H and O–H groups in total. The molecule has 1 atom stereocenters. The van der Waals surface area contributed by atoms with E-state index in [0.717, 1.165) is 12.1 Å². The fraction of sp³-hybridized carbons (Fsp3) is 0.267. The average molecular weight is 241 g/mol. The highest BCUT2D eigenvalue weighted by Gasteiger charge is 2.23. The lowest BCUT2D eigenvalue weighted by atomic mass is 9.94. The molecule has 0 fully saturated rings. The second-order valence-corrected chi connectivity index (χ2v) is 4.72. The summed E-state index contributed by atoms with van der Waals surface area (Å²) in [6, 6.07) is 10.1. The van der Waals surface area contributed by atoms with E-state index in [4.69, 9.17) is 4.42 Å². The molecule has 0 radical (unpaired) electrons. The van der Waals surface area contributed by atoms with Crippen LogP contribution in [0.5, 0.6) is 0 Å². The Labute approximate surface area is 106 Å². The number of carbonyl (C=O) groups is 1. The minimum Gasteiger partial charge on any atom is -0.472 e. The van der Waals surface area contributed by atoms with Crippen LogP contribution in [0.15, 0.2) is 47.3 Å². The summed E-state index contributed by atoms with van der Waals surface area (Å²) in [6.07, 6.45) is 4.30. The molecule has 1 aromatic heterocycles. The highest BCUT2D eigenvalue weighted by atomic mass is 16.3. The van der Waals surface area contributed by atoms with E-state index in [0.29, 0.717) is 18.8 Å². The zero-order chi connectivity index (χ0) is 12.4. The number of hydrogen-bond acceptors (Lipinski definition) is 3. The number of para-hydroxylation sites is 1. The maximum atomic E-state index is 12.0. The van der Waals surface area contributed by atoms with Gasteiger partial charge in [-0.1, -0.05) is 18.2 Å². The maximum absolute atomic E-state index is 12.0. The van der Waals surface area contributed by atoms with Crippen LogP contribution in [0.3, 0.4) is 0 Å². The zero-order valence-corrected chi connectivity index (χ0v) is 10.1. The van der Waals surface area contributed by atoms with Crippen LogP contribution in [0.2, 0.25) is 0 Å². The summed E-state index contributed by atoms with van der Waals surface area (Å²) < 4.78 is 4.98. The van der Waals surface area contributed by atoms with E-state index >= 15 is 0 Å². The van der Waals surface area contributed by atoms with Gasteiger partial charge in [-0.15, -0.1) is 0 Å². The van der Waals surface area contributed by atoms with Crippen molar-refractivity contribution in [1.29, 1.82) is 0 Å². The minimum atomic E-state index is 0.264. The molecule has 2 heterocycles. The number of rotatable bonds is 4. The van der Waals surface area contributed by atoms with Gasteiger partial charge in [0.15, 0.2) is 0 Å². The molecule has 3 heteroatoms. The van der Waals surface area contributed by atoms with Gasteiger partial charge in [0.1, 0.15) is 5.78 Å². The number of furan rings is 1. The second-order valence-electron chi connectivity index (χ2n) is 4.72. The van der Waals surface area contributed by atoms with Crippen molar-refractivity contribution < 1.29 is 9.21 Å². The number of fused-ring (bicyclic) bond motifs is 1. The summed E-state index contributed by atoms with van der Waals surface area (Å²) in [4.78, 5) is 12.0. The Bertz CT molecular complexity index is 545. The lowest BCUT2D eigenvalue weighted by Gasteiger charge is -2.08. The first-order valence-electron chi connectivity index (χ1n) is 6.18. The average Bonchev–Trinajstić information content (AvgIpc) is 3.00. The first-order chi connectivity index (χ1) is 8.83. The molecule has 18 heavy (non-hydrogen) atoms. The fourth-order valence-electron chi connectivity index (χ4n) is 2.51. The number of ketones is 1. The van der Waals surface area contributed by atoms with Crippen LogP contribution in [0.1, 0.15) is 23.5 Å². The number of carbonyl (C=O) groups excluding carboxylic acids is 1. The number of hydrogen-bond donors (Lipinski definition) is 1. The number of Topliss-reactive ketones (excluding diaryl/α,β-unsaturated/α-hetero) is 1. The second kappa shape index (κ2) is 4.69. The third kappa shape index (κ3) is 2.16. The molecule has 0 aliphatic carbocycles. The predicted molar refractivity (Wildman–Crippen MR) is 69.7 cm³/mol. The normalized spacial score (nSPS) is 17.2. The molecule has 0 saturated carbocycles. The first kappa shape index (κ1) is 11.1. The minimum absolute atomic E-state index is 0.264. The van der Waals surface area contributed by atoms with Crippen LogP contribution >= 0.6 is 0 Å². The summed E-state index contributed by atoms with van der Waals surface area (Å²) in [5, 5.41) is 3.34. The first-order valence-corrected chi connectivity index (χ1v) is 6.18. The Balaban J connectivity index is 1.66. The monoisotopic (exact) mass is 241 g/mol. The number of benzene rings is 1. The van der Waals surface area contributed by atoms with Crippen molar-refractivity contribution in [1.82, 2.24) is 0 Å². The molecule has 3 nitrogen and oxygen atoms in total. The molecular formula is C15H15NO2. The number of anilines is 1. The molecule has 1 unspecified atom stereocenters. The van der Waals surface area contributed by atoms with E-state index in [1.165, 1.54) is 11.3 Å².